The number of ether oxygens (including phenoxy) is 1. The molecule has 0 bridgehead atoms. The van der Waals surface area contributed by atoms with Crippen LogP contribution in [0.1, 0.15) is 16.2 Å². The van der Waals surface area contributed by atoms with Crippen LogP contribution in [-0.4, -0.2) is 43.9 Å². The maximum atomic E-state index is 12.5. The van der Waals surface area contributed by atoms with Crippen LogP contribution in [0.3, 0.4) is 0 Å². The number of hydrogen-bond donors (Lipinski definition) is 2. The number of pyridine rings is 1. The molecule has 0 spiro atoms. The molecule has 0 aliphatic heterocycles. The van der Waals surface area contributed by atoms with Gasteiger partial charge in [0, 0.05) is 25.7 Å². The standard InChI is InChI=1S/C17H18BrN5O4/c1-9-11-7-12(18)15(24)23(4-5-27-3)14(11)21-17(19-9)20-10-6-13(16(25)26)22(2)8-10/h6-8H,4-5H2,1-3H3,(H,25,26)(H,19,20,21). The minimum absolute atomic E-state index is 0.135. The van der Waals surface area contributed by atoms with Crippen molar-refractivity contribution in [3.63, 3.8) is 0 Å². The van der Waals surface area contributed by atoms with E-state index < -0.39 is 5.97 Å². The predicted octanol–water partition coefficient (Wildman–Crippen LogP) is 2.29. The Hall–Kier alpha value is -2.72. The van der Waals surface area contributed by atoms with Gasteiger partial charge in [-0.15, -0.1) is 0 Å². The van der Waals surface area contributed by atoms with E-state index in [1.807, 2.05) is 6.92 Å². The summed E-state index contributed by atoms with van der Waals surface area (Å²) in [5.41, 5.74) is 1.62. The fraction of sp³-hybridized carbons (Fsp3) is 0.294. The summed E-state index contributed by atoms with van der Waals surface area (Å²) in [6, 6.07) is 3.19. The molecule has 0 fully saturated rings. The minimum atomic E-state index is -1.03. The Bertz CT molecular complexity index is 1090. The third-order valence-electron chi connectivity index (χ3n) is 4.09. The second-order valence-electron chi connectivity index (χ2n) is 5.97. The Balaban J connectivity index is 2.10. The second-order valence-corrected chi connectivity index (χ2v) is 6.82. The number of nitrogens with zero attached hydrogens (tertiary/aromatic N) is 4. The van der Waals surface area contributed by atoms with Crippen molar-refractivity contribution in [2.45, 2.75) is 13.5 Å². The molecule has 3 aromatic rings. The fourth-order valence-electron chi connectivity index (χ4n) is 2.78. The number of carbonyl (C=O) groups is 1. The Morgan fingerprint density at radius 2 is 2.11 bits per heavy atom. The van der Waals surface area contributed by atoms with Crippen molar-refractivity contribution in [2.75, 3.05) is 19.0 Å². The third kappa shape index (κ3) is 3.71. The summed E-state index contributed by atoms with van der Waals surface area (Å²) >= 11 is 3.29. The van der Waals surface area contributed by atoms with Crippen LogP contribution >= 0.6 is 15.9 Å². The molecule has 9 nitrogen and oxygen atoms in total. The van der Waals surface area contributed by atoms with E-state index in [9.17, 15) is 14.7 Å². The molecule has 0 radical (unpaired) electrons. The molecule has 0 saturated carbocycles. The molecule has 3 rings (SSSR count). The first-order chi connectivity index (χ1) is 12.8. The molecular weight excluding hydrogens is 418 g/mol. The van der Waals surface area contributed by atoms with Crippen LogP contribution in [-0.2, 0) is 18.3 Å². The van der Waals surface area contributed by atoms with Gasteiger partial charge in [-0.05, 0) is 35.0 Å². The van der Waals surface area contributed by atoms with E-state index in [0.29, 0.717) is 34.7 Å². The first kappa shape index (κ1) is 19.1. The maximum Gasteiger partial charge on any atom is 0.352 e. The number of methoxy groups -OCH3 is 1. The number of halogens is 1. The zero-order valence-corrected chi connectivity index (χ0v) is 16.6. The van der Waals surface area contributed by atoms with Gasteiger partial charge >= 0.3 is 5.97 Å². The Morgan fingerprint density at radius 3 is 2.74 bits per heavy atom. The van der Waals surface area contributed by atoms with Crippen molar-refractivity contribution in [1.29, 1.82) is 0 Å². The number of aromatic carboxylic acids is 1. The molecule has 10 heteroatoms. The Labute approximate surface area is 162 Å². The van der Waals surface area contributed by atoms with Gasteiger partial charge in [0.15, 0.2) is 0 Å². The molecule has 0 atom stereocenters. The summed E-state index contributed by atoms with van der Waals surface area (Å²) in [6.45, 7) is 2.52. The average molecular weight is 436 g/mol. The number of rotatable bonds is 6. The van der Waals surface area contributed by atoms with E-state index in [-0.39, 0.29) is 17.2 Å². The summed E-state index contributed by atoms with van der Waals surface area (Å²) in [6.07, 6.45) is 1.63. The molecule has 27 heavy (non-hydrogen) atoms. The van der Waals surface area contributed by atoms with E-state index in [0.717, 1.165) is 5.39 Å². The van der Waals surface area contributed by atoms with Gasteiger partial charge in [0.25, 0.3) is 5.56 Å². The smallest absolute Gasteiger partial charge is 0.352 e. The molecule has 0 aromatic carbocycles. The Kier molecular flexibility index (Phi) is 5.29. The van der Waals surface area contributed by atoms with Crippen molar-refractivity contribution in [3.05, 3.63) is 44.5 Å². The zero-order valence-electron chi connectivity index (χ0n) is 15.0. The lowest BCUT2D eigenvalue weighted by molar-refractivity contribution is 0.0686. The quantitative estimate of drug-likeness (QED) is 0.610. The number of nitrogens with one attached hydrogen (secondary N) is 1. The van der Waals surface area contributed by atoms with Crippen molar-refractivity contribution in [1.82, 2.24) is 19.1 Å². The largest absolute Gasteiger partial charge is 0.477 e. The number of hydrogen-bond acceptors (Lipinski definition) is 6. The van der Waals surface area contributed by atoms with Gasteiger partial charge in [-0.1, -0.05) is 0 Å². The average Bonchev–Trinajstić information content (AvgIpc) is 2.97. The number of aryl methyl sites for hydroxylation is 2. The highest BCUT2D eigenvalue weighted by molar-refractivity contribution is 9.10. The molecule has 0 amide bonds. The summed E-state index contributed by atoms with van der Waals surface area (Å²) in [7, 11) is 3.20. The fourth-order valence-corrected chi connectivity index (χ4v) is 3.22. The van der Waals surface area contributed by atoms with Gasteiger partial charge in [0.1, 0.15) is 11.3 Å². The lowest BCUT2D eigenvalue weighted by Gasteiger charge is -2.13. The monoisotopic (exact) mass is 435 g/mol. The van der Waals surface area contributed by atoms with Gasteiger partial charge in [0.05, 0.1) is 29.0 Å². The number of aromatic nitrogens is 4. The molecule has 0 unspecified atom stereocenters. The summed E-state index contributed by atoms with van der Waals surface area (Å²) in [4.78, 5) is 32.6. The molecule has 0 saturated heterocycles. The SMILES string of the molecule is COCCn1c(=O)c(Br)cc2c(C)nc(Nc3cc(C(=O)O)n(C)c3)nc21. The third-order valence-corrected chi connectivity index (χ3v) is 4.66. The number of carboxylic acid groups (broad SMARTS) is 1. The summed E-state index contributed by atoms with van der Waals surface area (Å²) in [5.74, 6) is -0.755. The van der Waals surface area contributed by atoms with Crippen molar-refractivity contribution >= 4 is 44.6 Å². The molecule has 3 aromatic heterocycles. The highest BCUT2D eigenvalue weighted by atomic mass is 79.9. The molecule has 0 aliphatic carbocycles. The van der Waals surface area contributed by atoms with Crippen molar-refractivity contribution in [3.8, 4) is 0 Å². The first-order valence-corrected chi connectivity index (χ1v) is 8.84. The van der Waals surface area contributed by atoms with E-state index in [4.69, 9.17) is 4.74 Å². The number of carboxylic acids is 1. The van der Waals surface area contributed by atoms with Gasteiger partial charge in [-0.25, -0.2) is 9.78 Å². The van der Waals surface area contributed by atoms with E-state index >= 15 is 0 Å². The highest BCUT2D eigenvalue weighted by Crippen LogP contribution is 2.22. The summed E-state index contributed by atoms with van der Waals surface area (Å²) < 4.78 is 8.53. The Morgan fingerprint density at radius 1 is 1.37 bits per heavy atom. The van der Waals surface area contributed by atoms with Crippen LogP contribution in [0.5, 0.6) is 0 Å². The zero-order chi connectivity index (χ0) is 19.7. The second kappa shape index (κ2) is 7.49. The normalized spacial score (nSPS) is 11.1. The predicted molar refractivity (Wildman–Crippen MR) is 104 cm³/mol. The van der Waals surface area contributed by atoms with Crippen LogP contribution < -0.4 is 10.9 Å². The molecule has 3 heterocycles. The molecule has 142 valence electrons. The van der Waals surface area contributed by atoms with Crippen LogP contribution in [0.25, 0.3) is 11.0 Å². The van der Waals surface area contributed by atoms with Crippen molar-refractivity contribution < 1.29 is 14.6 Å². The van der Waals surface area contributed by atoms with Crippen LogP contribution in [0.2, 0.25) is 0 Å². The van der Waals surface area contributed by atoms with Gasteiger partial charge in [0.2, 0.25) is 5.95 Å². The lowest BCUT2D eigenvalue weighted by atomic mass is 10.2. The van der Waals surface area contributed by atoms with Gasteiger partial charge < -0.3 is 19.7 Å². The minimum Gasteiger partial charge on any atom is -0.477 e. The molecule has 2 N–H and O–H groups in total. The van der Waals surface area contributed by atoms with Gasteiger partial charge in [-0.2, -0.15) is 4.98 Å². The highest BCUT2D eigenvalue weighted by Gasteiger charge is 2.15. The molecule has 0 aliphatic rings. The maximum absolute atomic E-state index is 12.5. The van der Waals surface area contributed by atoms with E-state index in [2.05, 4.69) is 31.2 Å². The summed E-state index contributed by atoms with van der Waals surface area (Å²) in [5, 5.41) is 12.9. The van der Waals surface area contributed by atoms with Gasteiger partial charge in [-0.3, -0.25) is 9.36 Å². The van der Waals surface area contributed by atoms with Crippen LogP contribution in [0, 0.1) is 6.92 Å². The van der Waals surface area contributed by atoms with E-state index in [1.165, 1.54) is 15.2 Å². The first-order valence-electron chi connectivity index (χ1n) is 8.05. The van der Waals surface area contributed by atoms with Crippen molar-refractivity contribution in [2.24, 2.45) is 7.05 Å². The lowest BCUT2D eigenvalue weighted by Crippen LogP contribution is -2.24. The number of fused-ring (bicyclic) bond motifs is 1. The van der Waals surface area contributed by atoms with Crippen LogP contribution in [0.15, 0.2) is 27.6 Å². The number of anilines is 2. The van der Waals surface area contributed by atoms with E-state index in [1.54, 1.807) is 26.4 Å². The van der Waals surface area contributed by atoms with Crippen LogP contribution in [0.4, 0.5) is 11.6 Å². The molecular formula is C17H18BrN5O4. The topological polar surface area (TPSA) is 111 Å².